The molecule has 0 radical (unpaired) electrons. The molecule has 0 aromatic heterocycles. The lowest BCUT2D eigenvalue weighted by Crippen LogP contribution is -2.54. The van der Waals surface area contributed by atoms with Gasteiger partial charge in [0.25, 0.3) is 0 Å². The van der Waals surface area contributed by atoms with Crippen molar-refractivity contribution in [3.8, 4) is 6.07 Å². The van der Waals surface area contributed by atoms with Crippen molar-refractivity contribution in [1.29, 1.82) is 5.26 Å². The third-order valence-electron chi connectivity index (χ3n) is 5.32. The second-order valence-corrected chi connectivity index (χ2v) is 7.80. The van der Waals surface area contributed by atoms with Gasteiger partial charge in [-0.3, -0.25) is 9.59 Å². The summed E-state index contributed by atoms with van der Waals surface area (Å²) in [4.78, 5) is 51.5. The number of ether oxygens (including phenoxy) is 1. The molecule has 2 aromatic rings. The lowest BCUT2D eigenvalue weighted by Gasteiger charge is -2.35. The van der Waals surface area contributed by atoms with Gasteiger partial charge in [-0.15, -0.1) is 0 Å². The van der Waals surface area contributed by atoms with Crippen LogP contribution in [0.5, 0.6) is 0 Å². The standard InChI is InChI=1S/C24H25N5O6/c25-12-17-6-8-19(9-7-17)28-10-11-29(22(31)15-28)14-21(30)26-13-20(23(32)33)27-24(34)35-16-18-4-2-1-3-5-18/h1-9,20H,10-11,13-16H2,(H,26,30)(H,27,34)(H,32,33). The van der Waals surface area contributed by atoms with Crippen LogP contribution in [0.2, 0.25) is 0 Å². The molecular weight excluding hydrogens is 454 g/mol. The Balaban J connectivity index is 1.43. The van der Waals surface area contributed by atoms with Crippen LogP contribution in [0.4, 0.5) is 10.5 Å². The van der Waals surface area contributed by atoms with Crippen molar-refractivity contribution in [2.24, 2.45) is 0 Å². The van der Waals surface area contributed by atoms with E-state index in [1.165, 1.54) is 4.90 Å². The maximum absolute atomic E-state index is 12.5. The molecule has 0 spiro atoms. The number of alkyl carbamates (subject to hydrolysis) is 1. The number of hydrogen-bond acceptors (Lipinski definition) is 7. The molecule has 3 amide bonds. The zero-order valence-corrected chi connectivity index (χ0v) is 18.8. The number of nitriles is 1. The van der Waals surface area contributed by atoms with Crippen LogP contribution in [0, 0.1) is 11.3 Å². The minimum absolute atomic E-state index is 0.0259. The summed E-state index contributed by atoms with van der Waals surface area (Å²) < 4.78 is 5.01. The van der Waals surface area contributed by atoms with E-state index < -0.39 is 24.0 Å². The van der Waals surface area contributed by atoms with Crippen molar-refractivity contribution in [2.45, 2.75) is 12.6 Å². The molecule has 182 valence electrons. The summed E-state index contributed by atoms with van der Waals surface area (Å²) >= 11 is 0. The van der Waals surface area contributed by atoms with Crippen molar-refractivity contribution >= 4 is 29.6 Å². The highest BCUT2D eigenvalue weighted by molar-refractivity contribution is 5.88. The van der Waals surface area contributed by atoms with Crippen molar-refractivity contribution in [1.82, 2.24) is 15.5 Å². The maximum Gasteiger partial charge on any atom is 0.408 e. The number of carbonyl (C=O) groups excluding carboxylic acids is 3. The van der Waals surface area contributed by atoms with Crippen molar-refractivity contribution < 1.29 is 29.0 Å². The van der Waals surface area contributed by atoms with Gasteiger partial charge in [0.1, 0.15) is 12.6 Å². The first-order valence-corrected chi connectivity index (χ1v) is 10.9. The quantitative estimate of drug-likeness (QED) is 0.475. The highest BCUT2D eigenvalue weighted by Gasteiger charge is 2.27. The molecule has 1 aliphatic heterocycles. The largest absolute Gasteiger partial charge is 0.480 e. The number of aliphatic carboxylic acids is 1. The Hall–Kier alpha value is -4.59. The van der Waals surface area contributed by atoms with Gasteiger partial charge < -0.3 is 30.3 Å². The van der Waals surface area contributed by atoms with Crippen LogP contribution < -0.4 is 15.5 Å². The second kappa shape index (κ2) is 12.0. The molecule has 0 saturated carbocycles. The van der Waals surface area contributed by atoms with E-state index >= 15 is 0 Å². The first-order chi connectivity index (χ1) is 16.9. The fraction of sp³-hybridized carbons (Fsp3) is 0.292. The van der Waals surface area contributed by atoms with Gasteiger partial charge in [0.2, 0.25) is 11.8 Å². The van der Waals surface area contributed by atoms with Crippen LogP contribution in [0.25, 0.3) is 0 Å². The number of rotatable bonds is 9. The summed E-state index contributed by atoms with van der Waals surface area (Å²) in [5, 5.41) is 22.9. The SMILES string of the molecule is N#Cc1ccc(N2CCN(CC(=O)NCC(NC(=O)OCc3ccccc3)C(=O)O)C(=O)C2)cc1. The molecule has 11 heteroatoms. The molecular formula is C24H25N5O6. The number of carboxylic acids is 1. The summed E-state index contributed by atoms with van der Waals surface area (Å²) in [5.41, 5.74) is 2.07. The predicted molar refractivity (Wildman–Crippen MR) is 124 cm³/mol. The molecule has 0 bridgehead atoms. The van der Waals surface area contributed by atoms with Gasteiger partial charge in [-0.25, -0.2) is 9.59 Å². The summed E-state index contributed by atoms with van der Waals surface area (Å²) in [5.74, 6) is -2.14. The number of nitrogens with zero attached hydrogens (tertiary/aromatic N) is 3. The first-order valence-electron chi connectivity index (χ1n) is 10.9. The zero-order chi connectivity index (χ0) is 25.2. The lowest BCUT2D eigenvalue weighted by atomic mass is 10.2. The van der Waals surface area contributed by atoms with Gasteiger partial charge in [-0.05, 0) is 29.8 Å². The van der Waals surface area contributed by atoms with E-state index in [9.17, 15) is 24.3 Å². The number of carboxylic acid groups (broad SMARTS) is 1. The summed E-state index contributed by atoms with van der Waals surface area (Å²) in [6, 6.07) is 16.4. The van der Waals surface area contributed by atoms with E-state index in [1.54, 1.807) is 48.5 Å². The van der Waals surface area contributed by atoms with Crippen LogP contribution >= 0.6 is 0 Å². The Labute approximate surface area is 201 Å². The van der Waals surface area contributed by atoms with Gasteiger partial charge in [0.05, 0.1) is 24.7 Å². The normalized spacial score (nSPS) is 14.0. The number of carbonyl (C=O) groups is 4. The van der Waals surface area contributed by atoms with E-state index in [2.05, 4.69) is 10.6 Å². The molecule has 1 heterocycles. The second-order valence-electron chi connectivity index (χ2n) is 7.80. The van der Waals surface area contributed by atoms with Gasteiger partial charge in [0.15, 0.2) is 0 Å². The Morgan fingerprint density at radius 3 is 2.43 bits per heavy atom. The number of benzene rings is 2. The molecule has 0 aliphatic carbocycles. The molecule has 3 rings (SSSR count). The predicted octanol–water partition coefficient (Wildman–Crippen LogP) is 0.703. The molecule has 2 aromatic carbocycles. The van der Waals surface area contributed by atoms with Crippen molar-refractivity contribution in [2.75, 3.05) is 37.6 Å². The maximum atomic E-state index is 12.5. The summed E-state index contributed by atoms with van der Waals surface area (Å²) in [6.45, 7) is 0.253. The van der Waals surface area contributed by atoms with Crippen LogP contribution in [-0.4, -0.2) is 72.6 Å². The average Bonchev–Trinajstić information content (AvgIpc) is 2.87. The smallest absolute Gasteiger partial charge is 0.408 e. The van der Waals surface area contributed by atoms with E-state index in [0.717, 1.165) is 11.3 Å². The first kappa shape index (κ1) is 25.0. The molecule has 1 atom stereocenters. The third kappa shape index (κ3) is 7.46. The van der Waals surface area contributed by atoms with E-state index in [4.69, 9.17) is 10.00 Å². The number of amides is 3. The Morgan fingerprint density at radius 2 is 1.80 bits per heavy atom. The highest BCUT2D eigenvalue weighted by atomic mass is 16.5. The van der Waals surface area contributed by atoms with Gasteiger partial charge >= 0.3 is 12.1 Å². The van der Waals surface area contributed by atoms with Crippen LogP contribution in [0.15, 0.2) is 54.6 Å². The Morgan fingerprint density at radius 1 is 1.09 bits per heavy atom. The Bertz CT molecular complexity index is 1100. The summed E-state index contributed by atoms with van der Waals surface area (Å²) in [7, 11) is 0. The molecule has 35 heavy (non-hydrogen) atoms. The molecule has 1 aliphatic rings. The number of piperazine rings is 1. The third-order valence-corrected chi connectivity index (χ3v) is 5.32. The van der Waals surface area contributed by atoms with Crippen molar-refractivity contribution in [3.63, 3.8) is 0 Å². The number of hydrogen-bond donors (Lipinski definition) is 3. The van der Waals surface area contributed by atoms with Crippen LogP contribution in [0.3, 0.4) is 0 Å². The molecule has 1 unspecified atom stereocenters. The topological polar surface area (TPSA) is 152 Å². The van der Waals surface area contributed by atoms with Crippen LogP contribution in [-0.2, 0) is 25.7 Å². The van der Waals surface area contributed by atoms with Crippen LogP contribution in [0.1, 0.15) is 11.1 Å². The highest BCUT2D eigenvalue weighted by Crippen LogP contribution is 2.17. The van der Waals surface area contributed by atoms with E-state index in [1.807, 2.05) is 17.0 Å². The fourth-order valence-electron chi connectivity index (χ4n) is 3.40. The molecule has 1 saturated heterocycles. The average molecular weight is 479 g/mol. The van der Waals surface area contributed by atoms with E-state index in [0.29, 0.717) is 18.7 Å². The van der Waals surface area contributed by atoms with Gasteiger partial charge in [0, 0.05) is 25.3 Å². The summed E-state index contributed by atoms with van der Waals surface area (Å²) in [6.07, 6.45) is -0.926. The minimum Gasteiger partial charge on any atom is -0.480 e. The van der Waals surface area contributed by atoms with Crippen molar-refractivity contribution in [3.05, 3.63) is 65.7 Å². The van der Waals surface area contributed by atoms with E-state index in [-0.39, 0.29) is 32.1 Å². The minimum atomic E-state index is -1.40. The molecule has 1 fully saturated rings. The lowest BCUT2D eigenvalue weighted by molar-refractivity contribution is -0.140. The number of nitrogens with one attached hydrogen (secondary N) is 2. The van der Waals surface area contributed by atoms with Gasteiger partial charge in [-0.2, -0.15) is 5.26 Å². The molecule has 11 nitrogen and oxygen atoms in total. The number of anilines is 1. The Kier molecular flexibility index (Phi) is 8.61. The monoisotopic (exact) mass is 479 g/mol. The van der Waals surface area contributed by atoms with Gasteiger partial charge in [-0.1, -0.05) is 30.3 Å². The molecule has 3 N–H and O–H groups in total. The fourth-order valence-corrected chi connectivity index (χ4v) is 3.40. The zero-order valence-electron chi connectivity index (χ0n) is 18.8.